The number of rotatable bonds is 3. The van der Waals surface area contributed by atoms with Gasteiger partial charge in [0.2, 0.25) is 0 Å². The Bertz CT molecular complexity index is 1860. The molecule has 9 rings (SSSR count). The number of carbonyl (C=O) groups is 4. The SMILES string of the molecule is CC1CCCO1.CCN1C(=O)N[C@H]2[C@@H]3NC(=O)c4cc(Cl)c(Cl)n4[C@@H]3C[C@]21O.CCN1C(=O)N[C@H]2[C@@H]3NC(=O)c4cccn4[C@@H]3C[C@]21O.[2H]C([2H])([2H])C([3H])[B]P. The fourth-order valence-electron chi connectivity index (χ4n) is 8.63. The standard InChI is InChI=1S/C13H14Cl2N4O3.C13H16N4O3.C5H10O.C2H7BP/c1-2-18-12(21)17-9-8-7(4-13(9,18)22)19-6(11(20)16-8)3-5(14)10(19)15;1-2-17-12(19)15-10-9-8(6-13(10,17)20)16-5-3-4-7(16)11(18)14-9;1-5-3-2-4-6-5;1-2-3-4/h3,7-9,22H,2,4H2,1H3,(H,16,20)(H,17,21);3-5,8-10,20H,2,6H2,1H3,(H,14,18)(H,15,19);5H,2-4H2,1H3;2,4H2,1H3/t7-,8-,9+,13+;8-,9-,10+,13+;;/m11../s1/i;;;1D3,2T. The number of urea groups is 2. The molecular formula is C33H47BCl2N8O7P. The molecule has 5 aliphatic heterocycles. The van der Waals surface area contributed by atoms with Crippen LogP contribution in [0.2, 0.25) is 16.5 Å². The van der Waals surface area contributed by atoms with Gasteiger partial charge in [0, 0.05) is 44.2 Å². The van der Waals surface area contributed by atoms with Crippen LogP contribution < -0.4 is 21.3 Å². The Balaban J connectivity index is 0.000000143. The van der Waals surface area contributed by atoms with Crippen LogP contribution in [-0.4, -0.2) is 121 Å². The number of halogens is 2. The molecule has 2 aromatic heterocycles. The highest BCUT2D eigenvalue weighted by Crippen LogP contribution is 2.48. The maximum Gasteiger partial charge on any atom is 0.320 e. The lowest BCUT2D eigenvalue weighted by Gasteiger charge is -2.31. The van der Waals surface area contributed by atoms with Crippen molar-refractivity contribution < 1.29 is 39.6 Å². The first kappa shape index (κ1) is 33.6. The predicted molar refractivity (Wildman–Crippen MR) is 199 cm³/mol. The highest BCUT2D eigenvalue weighted by atomic mass is 35.5. The number of aromatic nitrogens is 2. The van der Waals surface area contributed by atoms with E-state index in [1.807, 2.05) is 23.8 Å². The van der Waals surface area contributed by atoms with Crippen LogP contribution in [-0.2, 0) is 4.74 Å². The molecule has 0 aromatic carbocycles. The average molecular weight is 786 g/mol. The zero-order valence-electron chi connectivity index (χ0n) is 33.0. The first-order valence-corrected chi connectivity index (χ1v) is 18.8. The highest BCUT2D eigenvalue weighted by molar-refractivity contribution is 7.55. The van der Waals surface area contributed by atoms with Gasteiger partial charge in [0.15, 0.2) is 11.4 Å². The summed E-state index contributed by atoms with van der Waals surface area (Å²) in [6, 6.07) is 2.42. The van der Waals surface area contributed by atoms with Gasteiger partial charge in [-0.1, -0.05) is 36.3 Å². The summed E-state index contributed by atoms with van der Waals surface area (Å²) in [4.78, 5) is 51.1. The minimum absolute atomic E-state index is 0.0395. The van der Waals surface area contributed by atoms with Crippen LogP contribution in [0.15, 0.2) is 24.4 Å². The first-order chi connectivity index (χ1) is 26.3. The molecular weight excluding hydrogens is 733 g/mol. The van der Waals surface area contributed by atoms with Crippen LogP contribution in [0.5, 0.6) is 0 Å². The van der Waals surface area contributed by atoms with Gasteiger partial charge in [0.25, 0.3) is 11.8 Å². The lowest BCUT2D eigenvalue weighted by atomic mass is 10.1. The van der Waals surface area contributed by atoms with E-state index in [0.717, 1.165) is 6.61 Å². The maximum absolute atomic E-state index is 12.3. The third-order valence-corrected chi connectivity index (χ3v) is 11.9. The summed E-state index contributed by atoms with van der Waals surface area (Å²) < 4.78 is 35.5. The zero-order valence-corrected chi connectivity index (χ0v) is 31.7. The summed E-state index contributed by atoms with van der Waals surface area (Å²) in [5.41, 5.74) is -1.62. The van der Waals surface area contributed by atoms with Crippen molar-refractivity contribution in [3.63, 3.8) is 0 Å². The number of hydrogen-bond acceptors (Lipinski definition) is 7. The van der Waals surface area contributed by atoms with Gasteiger partial charge < -0.3 is 45.4 Å². The first-order valence-electron chi connectivity index (χ1n) is 19.4. The number of fused-ring (bicyclic) bond motifs is 10. The maximum atomic E-state index is 12.3. The number of hydrogen-bond donors (Lipinski definition) is 6. The Kier molecular flexibility index (Phi) is 9.70. The molecule has 19 heteroatoms. The van der Waals surface area contributed by atoms with Crippen LogP contribution in [0, 0.1) is 0 Å². The van der Waals surface area contributed by atoms with Gasteiger partial charge in [0.05, 0.1) is 35.3 Å². The lowest BCUT2D eigenvalue weighted by Crippen LogP contribution is -2.56. The van der Waals surface area contributed by atoms with E-state index in [0.29, 0.717) is 42.0 Å². The van der Waals surface area contributed by atoms with Crippen molar-refractivity contribution in [2.75, 3.05) is 19.7 Å². The van der Waals surface area contributed by atoms with E-state index in [4.69, 9.17) is 33.4 Å². The molecule has 6 N–H and O–H groups in total. The summed E-state index contributed by atoms with van der Waals surface area (Å²) >= 11 is 12.3. The van der Waals surface area contributed by atoms with E-state index >= 15 is 0 Å². The topological polar surface area (TPSA) is 182 Å². The monoisotopic (exact) mass is 784 g/mol. The summed E-state index contributed by atoms with van der Waals surface area (Å²) in [7, 11) is 2.11. The molecule has 15 nitrogen and oxygen atoms in total. The predicted octanol–water partition coefficient (Wildman–Crippen LogP) is 2.71. The molecule has 283 valence electrons. The van der Waals surface area contributed by atoms with Crippen LogP contribution in [0.4, 0.5) is 9.59 Å². The summed E-state index contributed by atoms with van der Waals surface area (Å²) in [5, 5.41) is 33.9. The quantitative estimate of drug-likeness (QED) is 0.204. The molecule has 1 radical (unpaired) electrons. The van der Waals surface area contributed by atoms with Crippen molar-refractivity contribution in [2.24, 2.45) is 0 Å². The second kappa shape index (κ2) is 15.0. The zero-order chi connectivity index (χ0) is 41.1. The number of nitrogens with zero attached hydrogens (tertiary/aromatic N) is 4. The molecule has 2 saturated carbocycles. The van der Waals surface area contributed by atoms with Crippen LogP contribution in [0.3, 0.4) is 0 Å². The van der Waals surface area contributed by atoms with Gasteiger partial charge in [-0.25, -0.2) is 9.59 Å². The van der Waals surface area contributed by atoms with Gasteiger partial charge in [-0.2, -0.15) is 9.12 Å². The van der Waals surface area contributed by atoms with Crippen molar-refractivity contribution in [3.05, 3.63) is 46.0 Å². The fourth-order valence-corrected chi connectivity index (χ4v) is 9.10. The van der Waals surface area contributed by atoms with E-state index in [1.165, 1.54) is 35.7 Å². The summed E-state index contributed by atoms with van der Waals surface area (Å²) in [6.45, 7) is 6.67. The molecule has 6 amide bonds. The number of aliphatic hydroxyl groups is 2. The molecule has 7 aliphatic rings. The van der Waals surface area contributed by atoms with Crippen molar-refractivity contribution in [1.29, 1.82) is 0 Å². The third-order valence-electron chi connectivity index (χ3n) is 10.9. The Hall–Kier alpha value is -3.01. The van der Waals surface area contributed by atoms with Crippen LogP contribution in [0.1, 0.15) is 91.9 Å². The van der Waals surface area contributed by atoms with E-state index in [1.54, 1.807) is 17.6 Å². The average Bonchev–Trinajstić information content (AvgIpc) is 4.00. The minimum Gasteiger partial charge on any atom is -0.379 e. The van der Waals surface area contributed by atoms with Crippen molar-refractivity contribution >= 4 is 63.2 Å². The molecule has 7 heterocycles. The normalized spacial score (nSPS) is 36.3. The molecule has 2 aromatic rings. The second-order valence-corrected chi connectivity index (χ2v) is 14.8. The molecule has 3 unspecified atom stereocenters. The third kappa shape index (κ3) is 6.36. The van der Waals surface area contributed by atoms with Gasteiger partial charge in [0.1, 0.15) is 35.6 Å². The molecule has 0 bridgehead atoms. The molecule has 52 heavy (non-hydrogen) atoms. The van der Waals surface area contributed by atoms with Gasteiger partial charge >= 0.3 is 12.1 Å². The number of nitrogens with one attached hydrogen (secondary N) is 4. The Morgan fingerprint density at radius 2 is 1.58 bits per heavy atom. The Morgan fingerprint density at radius 1 is 1.00 bits per heavy atom. The molecule has 0 spiro atoms. The second-order valence-electron chi connectivity index (χ2n) is 13.7. The summed E-state index contributed by atoms with van der Waals surface area (Å²) in [6.07, 6.45) is 4.55. The summed E-state index contributed by atoms with van der Waals surface area (Å²) in [5.74, 6) is -0.479. The van der Waals surface area contributed by atoms with E-state index in [-0.39, 0.29) is 53.6 Å². The van der Waals surface area contributed by atoms with Crippen LogP contribution >= 0.6 is 32.3 Å². The molecule has 11 atom stereocenters. The fraction of sp³-hybridized carbons (Fsp3) is 0.636. The Labute approximate surface area is 321 Å². The number of likely N-dealkylation sites (N-methyl/N-ethyl adjacent to an activating group) is 2. The van der Waals surface area contributed by atoms with Crippen molar-refractivity contribution in [3.8, 4) is 0 Å². The molecule has 5 fully saturated rings. The van der Waals surface area contributed by atoms with E-state index < -0.39 is 42.7 Å². The molecule has 3 saturated heterocycles. The lowest BCUT2D eigenvalue weighted by molar-refractivity contribution is -0.0660. The number of amides is 6. The van der Waals surface area contributed by atoms with Gasteiger partial charge in [-0.05, 0) is 51.8 Å². The van der Waals surface area contributed by atoms with E-state index in [2.05, 4.69) is 37.3 Å². The van der Waals surface area contributed by atoms with Crippen LogP contribution in [0.25, 0.3) is 0 Å². The highest BCUT2D eigenvalue weighted by Gasteiger charge is 2.65. The Morgan fingerprint density at radius 3 is 2.06 bits per heavy atom. The van der Waals surface area contributed by atoms with Crippen molar-refractivity contribution in [2.45, 2.75) is 113 Å². The number of carbonyl (C=O) groups excluding carboxylic acids is 4. The largest absolute Gasteiger partial charge is 0.379 e. The minimum atomic E-state index is -2.15. The van der Waals surface area contributed by atoms with Crippen molar-refractivity contribution in [1.82, 2.24) is 40.2 Å². The number of ether oxygens (including phenoxy) is 1. The van der Waals surface area contributed by atoms with Gasteiger partial charge in [-0.15, -0.1) is 0 Å². The smallest absolute Gasteiger partial charge is 0.320 e. The van der Waals surface area contributed by atoms with E-state index in [9.17, 15) is 29.4 Å². The van der Waals surface area contributed by atoms with Gasteiger partial charge in [-0.3, -0.25) is 19.4 Å². The molecule has 2 aliphatic carbocycles.